The summed E-state index contributed by atoms with van der Waals surface area (Å²) in [6.45, 7) is 8.93. The number of aromatic carboxylic acids is 1. The Morgan fingerprint density at radius 1 is 0.846 bits per heavy atom. The van der Waals surface area contributed by atoms with Crippen LogP contribution in [0.15, 0.2) is 126 Å². The summed E-state index contributed by atoms with van der Waals surface area (Å²) in [5.41, 5.74) is -4.48. The maximum absolute atomic E-state index is 15.3. The molecule has 1 saturated heterocycles. The first-order valence-electron chi connectivity index (χ1n) is 22.0. The topological polar surface area (TPSA) is 195 Å². The molecule has 4 aromatic rings. The normalized spacial score (nSPS) is 34.0. The third kappa shape index (κ3) is 6.45. The molecular weight excluding hydrogens is 831 g/mol. The monoisotopic (exact) mass is 883 g/mol. The summed E-state index contributed by atoms with van der Waals surface area (Å²) in [6, 6.07) is 30.5. The van der Waals surface area contributed by atoms with E-state index in [0.717, 1.165) is 0 Å². The summed E-state index contributed by atoms with van der Waals surface area (Å²) in [7, 11) is 0. The van der Waals surface area contributed by atoms with Crippen molar-refractivity contribution in [2.75, 3.05) is 6.61 Å². The zero-order valence-corrected chi connectivity index (χ0v) is 36.9. The lowest BCUT2D eigenvalue weighted by Gasteiger charge is -2.78. The second kappa shape index (κ2) is 15.9. The second-order valence-corrected chi connectivity index (χ2v) is 19.1. The maximum Gasteiger partial charge on any atom is 0.338 e. The standard InChI is InChI=1S/C52H53NO12/c1-29-38-30(2)52(27-51(61,50(38,52)5)43(64-46(59)35-19-13-8-14-20-35)41-48(3)28-63-37(48)25-36(54)49(41,4)42(29)55)65-47(60)40(62-26-31-21-23-34(24-22-31)45(57)58)39(32-15-9-6-10-16-32)53-44(56)33-17-11-7-12-18-33/h6-24,29,36-37,39-41,43,54,61H,25-28H2,1-5H3,(H,53,56)(H,57,58)/t29-,36+,37?,39+,40-,41?,43?,48-,49-,50-,51-,52-/m1/s1. The molecule has 9 rings (SSSR count). The lowest BCUT2D eigenvalue weighted by molar-refractivity contribution is -0.361. The summed E-state index contributed by atoms with van der Waals surface area (Å²) in [5.74, 6) is -5.26. The number of hydrogen-bond donors (Lipinski definition) is 4. The number of ketones is 1. The predicted octanol–water partition coefficient (Wildman–Crippen LogP) is 6.43. The number of fused-ring (bicyclic) bond motifs is 3. The van der Waals surface area contributed by atoms with E-state index in [1.807, 2.05) is 6.92 Å². The Morgan fingerprint density at radius 2 is 1.45 bits per heavy atom. The number of aliphatic hydroxyl groups excluding tert-OH is 1. The van der Waals surface area contributed by atoms with E-state index in [2.05, 4.69) is 5.32 Å². The number of amides is 1. The van der Waals surface area contributed by atoms with Crippen LogP contribution in [0.4, 0.5) is 0 Å². The second-order valence-electron chi connectivity index (χ2n) is 19.1. The number of hydrogen-bond acceptors (Lipinski definition) is 11. The third-order valence-electron chi connectivity index (χ3n) is 15.9. The number of rotatable bonds is 12. The van der Waals surface area contributed by atoms with Gasteiger partial charge < -0.3 is 39.6 Å². The number of Topliss-reactive ketones (excluding diaryl/α,β-unsaturated/α-hetero) is 1. The molecule has 3 saturated carbocycles. The number of nitrogens with one attached hydrogen (secondary N) is 1. The minimum absolute atomic E-state index is 0.0620. The molecule has 0 bridgehead atoms. The zero-order valence-electron chi connectivity index (χ0n) is 36.9. The number of carboxylic acid groups (broad SMARTS) is 1. The number of carboxylic acids is 1. The van der Waals surface area contributed by atoms with E-state index in [9.17, 15) is 29.7 Å². The van der Waals surface area contributed by atoms with Crippen molar-refractivity contribution in [3.8, 4) is 0 Å². The molecule has 1 heterocycles. The van der Waals surface area contributed by atoms with Crippen molar-refractivity contribution >= 4 is 29.6 Å². The summed E-state index contributed by atoms with van der Waals surface area (Å²) >= 11 is 0. The Bertz CT molecular complexity index is 2580. The maximum atomic E-state index is 15.3. The molecule has 1 amide bonds. The molecule has 13 heteroatoms. The molecule has 12 atom stereocenters. The molecule has 4 aliphatic carbocycles. The van der Waals surface area contributed by atoms with E-state index in [-0.39, 0.29) is 43.0 Å². The lowest BCUT2D eigenvalue weighted by atomic mass is 9.29. The molecule has 65 heavy (non-hydrogen) atoms. The molecule has 4 aromatic carbocycles. The fourth-order valence-corrected chi connectivity index (χ4v) is 12.3. The van der Waals surface area contributed by atoms with Crippen LogP contribution in [0.5, 0.6) is 0 Å². The van der Waals surface area contributed by atoms with Crippen molar-refractivity contribution in [3.63, 3.8) is 0 Å². The van der Waals surface area contributed by atoms with Crippen molar-refractivity contribution < 1.29 is 58.2 Å². The smallest absolute Gasteiger partial charge is 0.338 e. The van der Waals surface area contributed by atoms with Crippen molar-refractivity contribution in [2.45, 2.75) is 95.7 Å². The highest BCUT2D eigenvalue weighted by molar-refractivity contribution is 5.96. The van der Waals surface area contributed by atoms with Crippen LogP contribution in [0.2, 0.25) is 0 Å². The number of carbonyl (C=O) groups excluding carboxylic acids is 4. The number of aliphatic hydroxyl groups is 2. The Labute approximate surface area is 376 Å². The molecule has 0 radical (unpaired) electrons. The first-order valence-corrected chi connectivity index (χ1v) is 22.0. The van der Waals surface area contributed by atoms with Crippen LogP contribution in [-0.4, -0.2) is 87.1 Å². The van der Waals surface area contributed by atoms with Crippen LogP contribution >= 0.6 is 0 Å². The van der Waals surface area contributed by atoms with Gasteiger partial charge in [0.1, 0.15) is 23.1 Å². The average molecular weight is 884 g/mol. The molecule has 1 aliphatic heterocycles. The Balaban J connectivity index is 1.14. The molecule has 338 valence electrons. The van der Waals surface area contributed by atoms with Gasteiger partial charge in [-0.15, -0.1) is 0 Å². The van der Waals surface area contributed by atoms with Crippen LogP contribution in [0.25, 0.3) is 0 Å². The van der Waals surface area contributed by atoms with Gasteiger partial charge in [-0.05, 0) is 79.4 Å². The molecule has 4 fully saturated rings. The van der Waals surface area contributed by atoms with Gasteiger partial charge in [0, 0.05) is 35.7 Å². The summed E-state index contributed by atoms with van der Waals surface area (Å²) in [5, 5.41) is 38.0. The highest BCUT2D eigenvalue weighted by Crippen LogP contribution is 2.79. The largest absolute Gasteiger partial charge is 0.478 e. The van der Waals surface area contributed by atoms with E-state index in [1.165, 1.54) is 12.1 Å². The molecule has 4 N–H and O–H groups in total. The summed E-state index contributed by atoms with van der Waals surface area (Å²) in [6.07, 6.45) is -4.61. The van der Waals surface area contributed by atoms with E-state index in [4.69, 9.17) is 18.9 Å². The summed E-state index contributed by atoms with van der Waals surface area (Å²) in [4.78, 5) is 70.2. The highest BCUT2D eigenvalue weighted by Gasteiger charge is 2.88. The van der Waals surface area contributed by atoms with Gasteiger partial charge in [0.25, 0.3) is 5.91 Å². The van der Waals surface area contributed by atoms with Crippen molar-refractivity contribution in [3.05, 3.63) is 154 Å². The van der Waals surface area contributed by atoms with Crippen LogP contribution in [0.1, 0.15) is 95.7 Å². The Hall–Kier alpha value is -5.99. The first-order chi connectivity index (χ1) is 30.9. The van der Waals surface area contributed by atoms with Gasteiger partial charge in [0.15, 0.2) is 6.10 Å². The van der Waals surface area contributed by atoms with Crippen LogP contribution in [-0.2, 0) is 35.1 Å². The van der Waals surface area contributed by atoms with E-state index in [1.54, 1.807) is 131 Å². The average Bonchev–Trinajstić information content (AvgIpc) is 3.31. The first kappa shape index (κ1) is 44.2. The fraction of sp³-hybridized carbons (Fsp3) is 0.404. The molecule has 0 spiro atoms. The van der Waals surface area contributed by atoms with E-state index >= 15 is 9.59 Å². The van der Waals surface area contributed by atoms with Gasteiger partial charge in [0.2, 0.25) is 0 Å². The Morgan fingerprint density at radius 3 is 2.03 bits per heavy atom. The van der Waals surface area contributed by atoms with Crippen LogP contribution < -0.4 is 5.32 Å². The van der Waals surface area contributed by atoms with Gasteiger partial charge in [-0.2, -0.15) is 0 Å². The third-order valence-corrected chi connectivity index (χ3v) is 15.9. The quantitative estimate of drug-likeness (QED) is 0.0901. The van der Waals surface area contributed by atoms with Gasteiger partial charge in [-0.1, -0.05) is 92.7 Å². The SMILES string of the molecule is CC1=C2[C@@H](C)C(=O)[C@@]3(C)C(C(OC(=O)c4ccccc4)[C@]4(O)C[C@]1(OC(=O)[C@H](OCc1ccc(C(=O)O)cc1)[C@@H](NC(=O)c1ccccc1)c1ccccc1)[C@]24C)[C@]1(C)COC1C[C@@H]3O. The van der Waals surface area contributed by atoms with Crippen LogP contribution in [0, 0.1) is 28.1 Å². The lowest BCUT2D eigenvalue weighted by Crippen LogP contribution is -2.88. The zero-order chi connectivity index (χ0) is 46.3. The van der Waals surface area contributed by atoms with Crippen molar-refractivity contribution in [2.24, 2.45) is 28.1 Å². The minimum Gasteiger partial charge on any atom is -0.478 e. The van der Waals surface area contributed by atoms with Gasteiger partial charge in [0.05, 0.1) is 53.4 Å². The fourth-order valence-electron chi connectivity index (χ4n) is 12.3. The molecule has 13 nitrogen and oxygen atoms in total. The number of ether oxygens (including phenoxy) is 4. The van der Waals surface area contributed by atoms with Gasteiger partial charge in [-0.25, -0.2) is 14.4 Å². The van der Waals surface area contributed by atoms with Crippen LogP contribution in [0.3, 0.4) is 0 Å². The molecule has 3 unspecified atom stereocenters. The number of esters is 2. The predicted molar refractivity (Wildman–Crippen MR) is 234 cm³/mol. The van der Waals surface area contributed by atoms with Crippen molar-refractivity contribution in [1.29, 1.82) is 0 Å². The van der Waals surface area contributed by atoms with Gasteiger partial charge >= 0.3 is 17.9 Å². The molecule has 5 aliphatic rings. The molecule has 0 aromatic heterocycles. The molecular formula is C52H53NO12. The highest BCUT2D eigenvalue weighted by atomic mass is 16.6. The number of carbonyl (C=O) groups is 5. The number of benzene rings is 4. The Kier molecular flexibility index (Phi) is 10.8. The van der Waals surface area contributed by atoms with Crippen molar-refractivity contribution in [1.82, 2.24) is 5.32 Å². The van der Waals surface area contributed by atoms with E-state index < -0.39 is 93.6 Å². The summed E-state index contributed by atoms with van der Waals surface area (Å²) < 4.78 is 25.7. The minimum atomic E-state index is -1.93. The van der Waals surface area contributed by atoms with Gasteiger partial charge in [-0.3, -0.25) is 9.59 Å². The van der Waals surface area contributed by atoms with E-state index in [0.29, 0.717) is 27.8 Å².